The molecule has 0 saturated carbocycles. The van der Waals surface area contributed by atoms with Gasteiger partial charge in [0.25, 0.3) is 0 Å². The normalized spacial score (nSPS) is 17.9. The number of carbonyl (C=O) groups excluding carboxylic acids is 2. The van der Waals surface area contributed by atoms with E-state index in [2.05, 4.69) is 0 Å². The Morgan fingerprint density at radius 3 is 1.87 bits per heavy atom. The third-order valence-corrected chi connectivity index (χ3v) is 5.64. The Kier molecular flexibility index (Phi) is 3.73. The van der Waals surface area contributed by atoms with E-state index in [1.54, 1.807) is 12.5 Å². The molecule has 6 rings (SSSR count). The van der Waals surface area contributed by atoms with E-state index < -0.39 is 11.9 Å². The first-order valence-electron chi connectivity index (χ1n) is 9.88. The summed E-state index contributed by atoms with van der Waals surface area (Å²) < 4.78 is 14.5. The molecule has 4 heterocycles. The zero-order chi connectivity index (χ0) is 20.9. The molecule has 2 aromatic heterocycles. The van der Waals surface area contributed by atoms with Crippen molar-refractivity contribution < 1.29 is 19.1 Å². The highest BCUT2D eigenvalue weighted by Gasteiger charge is 2.37. The Labute approximate surface area is 176 Å². The lowest BCUT2D eigenvalue weighted by Gasteiger charge is -2.01. The van der Waals surface area contributed by atoms with Crippen LogP contribution < -0.4 is 0 Å². The summed E-state index contributed by atoms with van der Waals surface area (Å²) in [5.74, 6) is -1.27. The standard InChI is InChI=1S/C25H16N2O4/c28-24-22-18-14-26(20-8-3-1-6-16(18)20)10-5-12-30-13-11-27-15-19(23(22)25(29)31-24)17-7-2-4-9-21(17)27/h1-11,13-15H,12H2/b10-5+,13-11+. The van der Waals surface area contributed by atoms with E-state index in [-0.39, 0.29) is 11.1 Å². The third kappa shape index (κ3) is 2.58. The van der Waals surface area contributed by atoms with Gasteiger partial charge in [-0.05, 0) is 18.2 Å². The van der Waals surface area contributed by atoms with Gasteiger partial charge < -0.3 is 18.6 Å². The lowest BCUT2D eigenvalue weighted by Crippen LogP contribution is -2.01. The van der Waals surface area contributed by atoms with Crippen molar-refractivity contribution in [2.24, 2.45) is 0 Å². The number of hydrogen-bond acceptors (Lipinski definition) is 4. The lowest BCUT2D eigenvalue weighted by molar-refractivity contribution is -0.149. The smallest absolute Gasteiger partial charge is 0.347 e. The molecule has 0 saturated heterocycles. The van der Waals surface area contributed by atoms with Gasteiger partial charge in [-0.2, -0.15) is 0 Å². The van der Waals surface area contributed by atoms with E-state index in [1.807, 2.05) is 82.3 Å². The number of aromatic nitrogens is 2. The highest BCUT2D eigenvalue weighted by Crippen LogP contribution is 2.40. The number of benzene rings is 2. The third-order valence-electron chi connectivity index (χ3n) is 5.64. The lowest BCUT2D eigenvalue weighted by atomic mass is 9.95. The second kappa shape index (κ2) is 6.60. The summed E-state index contributed by atoms with van der Waals surface area (Å²) in [7, 11) is 0. The molecule has 2 aliphatic heterocycles. The minimum Gasteiger partial charge on any atom is -0.496 e. The fraction of sp³-hybridized carbons (Fsp3) is 0.0400. The first-order valence-corrected chi connectivity index (χ1v) is 9.88. The molecule has 0 spiro atoms. The predicted molar refractivity (Wildman–Crippen MR) is 118 cm³/mol. The number of carbonyl (C=O) groups is 2. The number of esters is 2. The molecule has 4 bridgehead atoms. The zero-order valence-electron chi connectivity index (χ0n) is 16.3. The summed E-state index contributed by atoms with van der Waals surface area (Å²) in [6.07, 6.45) is 10.9. The predicted octanol–water partition coefficient (Wildman–Crippen LogP) is 4.52. The van der Waals surface area contributed by atoms with Crippen LogP contribution >= 0.6 is 0 Å². The van der Waals surface area contributed by atoms with Crippen LogP contribution in [0.25, 0.3) is 45.4 Å². The minimum absolute atomic E-state index is 0.276. The Balaban J connectivity index is 1.76. The number of cyclic esters (lactones) is 2. The van der Waals surface area contributed by atoms with Gasteiger partial charge in [0.2, 0.25) is 0 Å². The van der Waals surface area contributed by atoms with Crippen LogP contribution in [0.3, 0.4) is 0 Å². The van der Waals surface area contributed by atoms with Gasteiger partial charge >= 0.3 is 11.9 Å². The number of hydrogen-bond donors (Lipinski definition) is 0. The van der Waals surface area contributed by atoms with Crippen molar-refractivity contribution >= 4 is 57.3 Å². The van der Waals surface area contributed by atoms with Crippen molar-refractivity contribution in [1.29, 1.82) is 0 Å². The zero-order valence-corrected chi connectivity index (χ0v) is 16.3. The SMILES string of the molecule is O=C1OC(=O)C2=C1c1cn(c3ccccc13)/C=C/CO/C=C/n1cc2c2ccccc21. The van der Waals surface area contributed by atoms with Crippen LogP contribution in [0.2, 0.25) is 0 Å². The maximum absolute atomic E-state index is 12.9. The fourth-order valence-electron chi connectivity index (χ4n) is 4.31. The number of nitrogens with zero attached hydrogens (tertiary/aromatic N) is 2. The molecule has 150 valence electrons. The Bertz CT molecular complexity index is 1380. The molecular formula is C25H16N2O4. The van der Waals surface area contributed by atoms with Gasteiger partial charge in [-0.3, -0.25) is 0 Å². The first kappa shape index (κ1) is 17.5. The minimum atomic E-state index is -0.636. The van der Waals surface area contributed by atoms with Crippen molar-refractivity contribution in [3.63, 3.8) is 0 Å². The van der Waals surface area contributed by atoms with Crippen LogP contribution in [0.4, 0.5) is 0 Å². The van der Waals surface area contributed by atoms with Crippen molar-refractivity contribution in [1.82, 2.24) is 9.13 Å². The van der Waals surface area contributed by atoms with Crippen LogP contribution in [0.1, 0.15) is 11.1 Å². The second-order valence-corrected chi connectivity index (χ2v) is 7.36. The highest BCUT2D eigenvalue weighted by molar-refractivity contribution is 6.46. The van der Waals surface area contributed by atoms with Gasteiger partial charge in [-0.1, -0.05) is 36.4 Å². The molecule has 4 aromatic rings. The summed E-state index contributed by atoms with van der Waals surface area (Å²) in [5, 5.41) is 1.71. The number of para-hydroxylation sites is 2. The molecule has 2 aliphatic rings. The summed E-state index contributed by atoms with van der Waals surface area (Å²) in [5.41, 5.74) is 3.68. The van der Waals surface area contributed by atoms with Crippen LogP contribution in [-0.2, 0) is 19.1 Å². The maximum atomic E-state index is 12.9. The molecule has 0 radical (unpaired) electrons. The van der Waals surface area contributed by atoms with E-state index in [0.29, 0.717) is 17.7 Å². The average molecular weight is 408 g/mol. The van der Waals surface area contributed by atoms with Gasteiger partial charge in [0.15, 0.2) is 0 Å². The summed E-state index contributed by atoms with van der Waals surface area (Å²) in [4.78, 5) is 25.8. The molecule has 0 amide bonds. The summed E-state index contributed by atoms with van der Waals surface area (Å²) in [6, 6.07) is 15.5. The van der Waals surface area contributed by atoms with Gasteiger partial charge in [0.05, 0.1) is 28.4 Å². The van der Waals surface area contributed by atoms with Crippen LogP contribution in [0.15, 0.2) is 73.3 Å². The first-order chi connectivity index (χ1) is 15.2. The molecule has 0 fully saturated rings. The Hall–Kier alpha value is -4.32. The Morgan fingerprint density at radius 2 is 1.26 bits per heavy atom. The van der Waals surface area contributed by atoms with Crippen molar-refractivity contribution in [3.05, 3.63) is 84.4 Å². The molecule has 0 atom stereocenters. The monoisotopic (exact) mass is 408 g/mol. The molecule has 0 aliphatic carbocycles. The topological polar surface area (TPSA) is 62.5 Å². The average Bonchev–Trinajstić information content (AvgIpc) is 3.41. The molecule has 6 heteroatoms. The van der Waals surface area contributed by atoms with Crippen LogP contribution in [0.5, 0.6) is 0 Å². The fourth-order valence-corrected chi connectivity index (χ4v) is 4.31. The van der Waals surface area contributed by atoms with Gasteiger partial charge in [-0.15, -0.1) is 0 Å². The number of fused-ring (bicyclic) bond motifs is 12. The van der Waals surface area contributed by atoms with Gasteiger partial charge in [-0.25, -0.2) is 9.59 Å². The molecule has 0 N–H and O–H groups in total. The quantitative estimate of drug-likeness (QED) is 0.317. The van der Waals surface area contributed by atoms with Gasteiger partial charge in [0.1, 0.15) is 6.61 Å². The van der Waals surface area contributed by atoms with Crippen molar-refractivity contribution in [2.75, 3.05) is 6.61 Å². The largest absolute Gasteiger partial charge is 0.496 e. The molecule has 31 heavy (non-hydrogen) atoms. The van der Waals surface area contributed by atoms with Gasteiger partial charge in [0, 0.05) is 46.7 Å². The molecule has 6 nitrogen and oxygen atoms in total. The summed E-state index contributed by atoms with van der Waals surface area (Å²) in [6.45, 7) is 0.388. The maximum Gasteiger partial charge on any atom is 0.347 e. The Morgan fingerprint density at radius 1 is 0.710 bits per heavy atom. The van der Waals surface area contributed by atoms with Crippen LogP contribution in [0, 0.1) is 0 Å². The highest BCUT2D eigenvalue weighted by atomic mass is 16.6. The number of rotatable bonds is 0. The second-order valence-electron chi connectivity index (χ2n) is 7.36. The molecule has 0 unspecified atom stereocenters. The van der Waals surface area contributed by atoms with Crippen molar-refractivity contribution in [2.45, 2.75) is 0 Å². The van der Waals surface area contributed by atoms with Crippen molar-refractivity contribution in [3.8, 4) is 0 Å². The van der Waals surface area contributed by atoms with Crippen LogP contribution in [-0.4, -0.2) is 27.7 Å². The van der Waals surface area contributed by atoms with E-state index in [4.69, 9.17) is 9.47 Å². The van der Waals surface area contributed by atoms with E-state index in [1.165, 1.54) is 0 Å². The molecule has 2 aromatic carbocycles. The van der Waals surface area contributed by atoms with E-state index in [0.717, 1.165) is 21.8 Å². The van der Waals surface area contributed by atoms with E-state index >= 15 is 0 Å². The van der Waals surface area contributed by atoms with E-state index in [9.17, 15) is 9.59 Å². The number of ether oxygens (including phenoxy) is 2. The molecular weight excluding hydrogens is 392 g/mol. The summed E-state index contributed by atoms with van der Waals surface area (Å²) >= 11 is 0.